The van der Waals surface area contributed by atoms with Crippen LogP contribution in [0.1, 0.15) is 44.5 Å². The van der Waals surface area contributed by atoms with Crippen LogP contribution in [-0.2, 0) is 14.0 Å². The molecule has 3 rings (SSSR count). The average molecular weight is 386 g/mol. The van der Waals surface area contributed by atoms with Crippen LogP contribution < -0.4 is 5.32 Å². The van der Waals surface area contributed by atoms with Gasteiger partial charge in [-0.15, -0.1) is 0 Å². The molecule has 2 aliphatic heterocycles. The van der Waals surface area contributed by atoms with E-state index in [0.29, 0.717) is 30.8 Å². The normalized spacial score (nSPS) is 20.5. The maximum atomic E-state index is 12.5. The van der Waals surface area contributed by atoms with Crippen LogP contribution in [0.2, 0.25) is 0 Å². The molecule has 2 aliphatic rings. The number of carbonyl (C=O) groups excluding carboxylic acids is 2. The zero-order chi connectivity index (χ0) is 20.5. The van der Waals surface area contributed by atoms with Crippen LogP contribution in [0, 0.1) is 0 Å². The molecule has 8 heteroatoms. The van der Waals surface area contributed by atoms with Gasteiger partial charge in [-0.05, 0) is 63.9 Å². The Labute approximate surface area is 166 Å². The topological polar surface area (TPSA) is 77.1 Å². The average Bonchev–Trinajstić information content (AvgIpc) is 2.89. The minimum Gasteiger partial charge on any atom is -0.465 e. The molecule has 1 aromatic rings. The second-order valence-corrected chi connectivity index (χ2v) is 8.06. The fourth-order valence-corrected chi connectivity index (χ4v) is 3.09. The fraction of sp³-hybridized carbons (Fsp3) is 0.500. The van der Waals surface area contributed by atoms with Crippen molar-refractivity contribution in [3.63, 3.8) is 0 Å². The molecular weight excluding hydrogens is 359 g/mol. The van der Waals surface area contributed by atoms with Crippen molar-refractivity contribution in [3.05, 3.63) is 41.4 Å². The number of esters is 1. The monoisotopic (exact) mass is 386 g/mol. The fourth-order valence-electron chi connectivity index (χ4n) is 3.09. The second-order valence-electron chi connectivity index (χ2n) is 8.06. The summed E-state index contributed by atoms with van der Waals surface area (Å²) in [5.41, 5.74) is 1.39. The lowest BCUT2D eigenvalue weighted by atomic mass is 9.75. The highest BCUT2D eigenvalue weighted by Crippen LogP contribution is 2.39. The molecule has 0 saturated carbocycles. The number of carbonyl (C=O) groups is 2. The van der Waals surface area contributed by atoms with Gasteiger partial charge < -0.3 is 24.3 Å². The molecule has 2 amide bonds. The molecule has 150 valence electrons. The Morgan fingerprint density at radius 1 is 1.11 bits per heavy atom. The molecule has 0 atom stereocenters. The standard InChI is InChI=1S/C20H27BN2O5/c1-19(2)20(3,4)28-21(27-19)15-10-12-23(13-11-15)18(25)22-16-8-6-14(7-9-16)17(24)26-5/h6-10H,11-13H2,1-5H3,(H,22,25). The van der Waals surface area contributed by atoms with Crippen LogP contribution in [0.15, 0.2) is 35.8 Å². The minimum atomic E-state index is -0.408. The number of hydrogen-bond donors (Lipinski definition) is 1. The van der Waals surface area contributed by atoms with Gasteiger partial charge in [-0.2, -0.15) is 0 Å². The number of hydrogen-bond acceptors (Lipinski definition) is 5. The third-order valence-electron chi connectivity index (χ3n) is 5.64. The van der Waals surface area contributed by atoms with E-state index in [2.05, 4.69) is 10.1 Å². The molecule has 0 radical (unpaired) electrons. The number of rotatable bonds is 3. The smallest absolute Gasteiger partial charge is 0.465 e. The zero-order valence-electron chi connectivity index (χ0n) is 17.1. The summed E-state index contributed by atoms with van der Waals surface area (Å²) < 4.78 is 16.8. The predicted molar refractivity (Wildman–Crippen MR) is 107 cm³/mol. The highest BCUT2D eigenvalue weighted by atomic mass is 16.7. The first-order valence-electron chi connectivity index (χ1n) is 9.42. The van der Waals surface area contributed by atoms with Crippen molar-refractivity contribution in [3.8, 4) is 0 Å². The Hall–Kier alpha value is -2.32. The number of nitrogens with zero attached hydrogens (tertiary/aromatic N) is 1. The van der Waals surface area contributed by atoms with Crippen molar-refractivity contribution >= 4 is 24.8 Å². The van der Waals surface area contributed by atoms with E-state index < -0.39 is 5.97 Å². The van der Waals surface area contributed by atoms with Gasteiger partial charge in [0.1, 0.15) is 0 Å². The number of anilines is 1. The lowest BCUT2D eigenvalue weighted by molar-refractivity contribution is 0.00578. The molecule has 28 heavy (non-hydrogen) atoms. The van der Waals surface area contributed by atoms with Gasteiger partial charge in [0.25, 0.3) is 0 Å². The van der Waals surface area contributed by atoms with Gasteiger partial charge in [0.05, 0.1) is 23.9 Å². The van der Waals surface area contributed by atoms with Crippen molar-refractivity contribution in [1.82, 2.24) is 4.90 Å². The molecule has 2 heterocycles. The molecule has 0 bridgehead atoms. The van der Waals surface area contributed by atoms with Gasteiger partial charge in [0.15, 0.2) is 0 Å². The summed E-state index contributed by atoms with van der Waals surface area (Å²) in [5, 5.41) is 2.85. The summed E-state index contributed by atoms with van der Waals surface area (Å²) in [6, 6.07) is 6.41. The lowest BCUT2D eigenvalue weighted by Crippen LogP contribution is -2.41. The quantitative estimate of drug-likeness (QED) is 0.637. The van der Waals surface area contributed by atoms with Crippen molar-refractivity contribution < 1.29 is 23.6 Å². The van der Waals surface area contributed by atoms with Crippen LogP contribution in [0.5, 0.6) is 0 Å². The third-order valence-corrected chi connectivity index (χ3v) is 5.64. The molecule has 0 unspecified atom stereocenters. The van der Waals surface area contributed by atoms with E-state index in [1.807, 2.05) is 33.8 Å². The molecule has 1 N–H and O–H groups in total. The summed E-state index contributed by atoms with van der Waals surface area (Å²) in [6.07, 6.45) is 2.71. The first kappa shape index (κ1) is 20.4. The van der Waals surface area contributed by atoms with Crippen LogP contribution in [0.4, 0.5) is 10.5 Å². The number of benzene rings is 1. The Morgan fingerprint density at radius 2 is 1.71 bits per heavy atom. The number of methoxy groups -OCH3 is 1. The largest absolute Gasteiger partial charge is 0.490 e. The van der Waals surface area contributed by atoms with E-state index in [4.69, 9.17) is 9.31 Å². The van der Waals surface area contributed by atoms with E-state index in [0.717, 1.165) is 5.47 Å². The van der Waals surface area contributed by atoms with Crippen LogP contribution >= 0.6 is 0 Å². The minimum absolute atomic E-state index is 0.185. The molecule has 0 spiro atoms. The predicted octanol–water partition coefficient (Wildman–Crippen LogP) is 3.27. The van der Waals surface area contributed by atoms with E-state index in [1.54, 1.807) is 29.2 Å². The maximum Gasteiger partial charge on any atom is 0.490 e. The third kappa shape index (κ3) is 4.08. The summed E-state index contributed by atoms with van der Waals surface area (Å²) in [5.74, 6) is -0.408. The van der Waals surface area contributed by atoms with Crippen molar-refractivity contribution in [2.45, 2.75) is 45.3 Å². The first-order chi connectivity index (χ1) is 13.1. The van der Waals surface area contributed by atoms with E-state index in [1.165, 1.54) is 7.11 Å². The molecule has 7 nitrogen and oxygen atoms in total. The number of nitrogens with one attached hydrogen (secondary N) is 1. The highest BCUT2D eigenvalue weighted by molar-refractivity contribution is 6.54. The van der Waals surface area contributed by atoms with Crippen molar-refractivity contribution in [2.24, 2.45) is 0 Å². The van der Waals surface area contributed by atoms with E-state index >= 15 is 0 Å². The van der Waals surface area contributed by atoms with Gasteiger partial charge in [-0.3, -0.25) is 0 Å². The summed E-state index contributed by atoms with van der Waals surface area (Å²) in [4.78, 5) is 25.7. The van der Waals surface area contributed by atoms with Crippen molar-refractivity contribution in [2.75, 3.05) is 25.5 Å². The van der Waals surface area contributed by atoms with Gasteiger partial charge in [-0.1, -0.05) is 6.08 Å². The number of urea groups is 1. The number of amides is 2. The molecule has 0 aliphatic carbocycles. The molecule has 1 aromatic carbocycles. The first-order valence-corrected chi connectivity index (χ1v) is 9.42. The molecular formula is C20H27BN2O5. The van der Waals surface area contributed by atoms with Crippen LogP contribution in [0.25, 0.3) is 0 Å². The van der Waals surface area contributed by atoms with Gasteiger partial charge in [0.2, 0.25) is 0 Å². The van der Waals surface area contributed by atoms with E-state index in [9.17, 15) is 9.59 Å². The van der Waals surface area contributed by atoms with Crippen LogP contribution in [0.3, 0.4) is 0 Å². The highest BCUT2D eigenvalue weighted by Gasteiger charge is 2.52. The van der Waals surface area contributed by atoms with Crippen LogP contribution in [-0.4, -0.2) is 55.4 Å². The molecule has 1 saturated heterocycles. The Bertz CT molecular complexity index is 772. The van der Waals surface area contributed by atoms with Gasteiger partial charge >= 0.3 is 19.1 Å². The maximum absolute atomic E-state index is 12.5. The Kier molecular flexibility index (Phi) is 5.54. The van der Waals surface area contributed by atoms with Crippen molar-refractivity contribution in [1.29, 1.82) is 0 Å². The lowest BCUT2D eigenvalue weighted by Gasteiger charge is -2.32. The van der Waals surface area contributed by atoms with Gasteiger partial charge in [0, 0.05) is 18.8 Å². The summed E-state index contributed by atoms with van der Waals surface area (Å²) >= 11 is 0. The zero-order valence-corrected chi connectivity index (χ0v) is 17.1. The second kappa shape index (κ2) is 7.60. The van der Waals surface area contributed by atoms with E-state index in [-0.39, 0.29) is 24.4 Å². The summed E-state index contributed by atoms with van der Waals surface area (Å²) in [6.45, 7) is 9.19. The summed E-state index contributed by atoms with van der Waals surface area (Å²) in [7, 11) is 0.973. The number of ether oxygens (including phenoxy) is 1. The molecule has 0 aromatic heterocycles. The van der Waals surface area contributed by atoms with Gasteiger partial charge in [-0.25, -0.2) is 9.59 Å². The Balaban J connectivity index is 1.57. The Morgan fingerprint density at radius 3 is 2.21 bits per heavy atom. The SMILES string of the molecule is COC(=O)c1ccc(NC(=O)N2CC=C(B3OC(C)(C)C(C)(C)O3)CC2)cc1. The molecule has 1 fully saturated rings.